The van der Waals surface area contributed by atoms with Crippen molar-refractivity contribution < 1.29 is 4.74 Å². The Morgan fingerprint density at radius 2 is 1.59 bits per heavy atom. The van der Waals surface area contributed by atoms with E-state index in [1.165, 1.54) is 35.1 Å². The standard InChI is InChI=1S/C25H27NO/c1-25(15-16-25)22-13-11-19(12-14-22)18-27-23-10-6-9-21(17-23)24(26-2)20-7-4-3-5-8-20/h3-14,17,24,26H,15-16,18H2,1-2H3. The molecule has 0 radical (unpaired) electrons. The van der Waals surface area contributed by atoms with Crippen molar-refractivity contribution >= 4 is 0 Å². The van der Waals surface area contributed by atoms with Crippen LogP contribution in [0.3, 0.4) is 0 Å². The summed E-state index contributed by atoms with van der Waals surface area (Å²) >= 11 is 0. The summed E-state index contributed by atoms with van der Waals surface area (Å²) in [6.45, 7) is 2.94. The van der Waals surface area contributed by atoms with Gasteiger partial charge in [0.25, 0.3) is 0 Å². The average Bonchev–Trinajstić information content (AvgIpc) is 3.47. The van der Waals surface area contributed by atoms with E-state index in [9.17, 15) is 0 Å². The van der Waals surface area contributed by atoms with E-state index in [0.717, 1.165) is 5.75 Å². The highest BCUT2D eigenvalue weighted by atomic mass is 16.5. The molecule has 0 amide bonds. The van der Waals surface area contributed by atoms with Gasteiger partial charge in [-0.2, -0.15) is 0 Å². The minimum absolute atomic E-state index is 0.160. The van der Waals surface area contributed by atoms with Crippen LogP contribution in [0.2, 0.25) is 0 Å². The molecule has 2 nitrogen and oxygen atoms in total. The molecule has 0 spiro atoms. The zero-order valence-electron chi connectivity index (χ0n) is 16.1. The molecule has 3 aromatic carbocycles. The summed E-state index contributed by atoms with van der Waals surface area (Å²) in [5.41, 5.74) is 5.54. The van der Waals surface area contributed by atoms with Crippen molar-refractivity contribution in [3.63, 3.8) is 0 Å². The van der Waals surface area contributed by atoms with Crippen LogP contribution >= 0.6 is 0 Å². The number of benzene rings is 3. The fraction of sp³-hybridized carbons (Fsp3) is 0.280. The summed E-state index contributed by atoms with van der Waals surface area (Å²) < 4.78 is 6.08. The largest absolute Gasteiger partial charge is 0.489 e. The lowest BCUT2D eigenvalue weighted by molar-refractivity contribution is 0.305. The summed E-state index contributed by atoms with van der Waals surface area (Å²) in [6.07, 6.45) is 2.62. The maximum Gasteiger partial charge on any atom is 0.120 e. The van der Waals surface area contributed by atoms with Crippen LogP contribution in [0, 0.1) is 0 Å². The molecule has 0 aromatic heterocycles. The highest BCUT2D eigenvalue weighted by molar-refractivity contribution is 5.37. The Bertz CT molecular complexity index is 882. The van der Waals surface area contributed by atoms with Crippen LogP contribution in [0.4, 0.5) is 0 Å². The van der Waals surface area contributed by atoms with Gasteiger partial charge >= 0.3 is 0 Å². The highest BCUT2D eigenvalue weighted by Gasteiger charge is 2.38. The van der Waals surface area contributed by atoms with Gasteiger partial charge < -0.3 is 10.1 Å². The molecule has 2 heteroatoms. The van der Waals surface area contributed by atoms with Gasteiger partial charge in [-0.25, -0.2) is 0 Å². The predicted molar refractivity (Wildman–Crippen MR) is 111 cm³/mol. The van der Waals surface area contributed by atoms with Crippen LogP contribution in [0.15, 0.2) is 78.9 Å². The van der Waals surface area contributed by atoms with E-state index >= 15 is 0 Å². The fourth-order valence-corrected chi connectivity index (χ4v) is 3.60. The van der Waals surface area contributed by atoms with E-state index in [-0.39, 0.29) is 6.04 Å². The van der Waals surface area contributed by atoms with Crippen molar-refractivity contribution in [1.82, 2.24) is 5.32 Å². The van der Waals surface area contributed by atoms with Crippen LogP contribution in [-0.4, -0.2) is 7.05 Å². The van der Waals surface area contributed by atoms with Crippen molar-refractivity contribution in [3.8, 4) is 5.75 Å². The molecule has 3 aromatic rings. The first kappa shape index (κ1) is 17.8. The quantitative estimate of drug-likeness (QED) is 0.592. The second-order valence-corrected chi connectivity index (χ2v) is 7.75. The summed E-state index contributed by atoms with van der Waals surface area (Å²) in [7, 11) is 1.99. The third-order valence-electron chi connectivity index (χ3n) is 5.67. The Morgan fingerprint density at radius 3 is 2.26 bits per heavy atom. The Kier molecular flexibility index (Phi) is 5.00. The molecular formula is C25H27NO. The van der Waals surface area contributed by atoms with Gasteiger partial charge in [0.1, 0.15) is 12.4 Å². The Hall–Kier alpha value is -2.58. The van der Waals surface area contributed by atoms with E-state index in [2.05, 4.69) is 79.0 Å². The van der Waals surface area contributed by atoms with Crippen molar-refractivity contribution in [3.05, 3.63) is 101 Å². The highest BCUT2D eigenvalue weighted by Crippen LogP contribution is 2.47. The maximum atomic E-state index is 6.08. The zero-order chi connectivity index (χ0) is 18.7. The monoisotopic (exact) mass is 357 g/mol. The second kappa shape index (κ2) is 7.58. The van der Waals surface area contributed by atoms with E-state index < -0.39 is 0 Å². The van der Waals surface area contributed by atoms with Crippen molar-refractivity contribution in [2.24, 2.45) is 0 Å². The Labute approximate surface area is 162 Å². The molecule has 0 bridgehead atoms. The summed E-state index contributed by atoms with van der Waals surface area (Å²) in [6, 6.07) is 27.9. The van der Waals surface area contributed by atoms with Crippen LogP contribution in [0.5, 0.6) is 5.75 Å². The molecular weight excluding hydrogens is 330 g/mol. The smallest absolute Gasteiger partial charge is 0.120 e. The molecule has 1 aliphatic rings. The molecule has 0 saturated heterocycles. The molecule has 1 fully saturated rings. The zero-order valence-corrected chi connectivity index (χ0v) is 16.1. The lowest BCUT2D eigenvalue weighted by Crippen LogP contribution is -2.17. The van der Waals surface area contributed by atoms with Crippen LogP contribution in [0.25, 0.3) is 0 Å². The van der Waals surface area contributed by atoms with Crippen molar-refractivity contribution in [1.29, 1.82) is 0 Å². The van der Waals surface area contributed by atoms with Gasteiger partial charge in [0.05, 0.1) is 6.04 Å². The molecule has 27 heavy (non-hydrogen) atoms. The third-order valence-corrected chi connectivity index (χ3v) is 5.67. The van der Waals surface area contributed by atoms with Gasteiger partial charge in [-0.05, 0) is 59.7 Å². The molecule has 1 N–H and O–H groups in total. The molecule has 1 atom stereocenters. The van der Waals surface area contributed by atoms with Crippen LogP contribution in [0.1, 0.15) is 48.1 Å². The lowest BCUT2D eigenvalue weighted by Gasteiger charge is -2.18. The van der Waals surface area contributed by atoms with Crippen LogP contribution in [-0.2, 0) is 12.0 Å². The van der Waals surface area contributed by atoms with Crippen molar-refractivity contribution in [2.75, 3.05) is 7.05 Å². The number of nitrogens with one attached hydrogen (secondary N) is 1. The van der Waals surface area contributed by atoms with Gasteiger partial charge in [-0.3, -0.25) is 0 Å². The average molecular weight is 357 g/mol. The van der Waals surface area contributed by atoms with E-state index in [1.807, 2.05) is 19.2 Å². The first-order chi connectivity index (χ1) is 13.2. The molecule has 0 heterocycles. The van der Waals surface area contributed by atoms with Gasteiger partial charge in [0.2, 0.25) is 0 Å². The molecule has 4 rings (SSSR count). The minimum atomic E-state index is 0.160. The van der Waals surface area contributed by atoms with Gasteiger partial charge in [-0.1, -0.05) is 73.7 Å². The SMILES string of the molecule is CNC(c1ccccc1)c1cccc(OCc2ccc(C3(C)CC3)cc2)c1. The van der Waals surface area contributed by atoms with E-state index in [4.69, 9.17) is 4.74 Å². The molecule has 1 aliphatic carbocycles. The molecule has 0 aliphatic heterocycles. The number of rotatable bonds is 7. The molecule has 1 unspecified atom stereocenters. The van der Waals surface area contributed by atoms with E-state index in [1.54, 1.807) is 0 Å². The first-order valence-electron chi connectivity index (χ1n) is 9.72. The minimum Gasteiger partial charge on any atom is -0.489 e. The molecule has 138 valence electrons. The van der Waals surface area contributed by atoms with Gasteiger partial charge in [-0.15, -0.1) is 0 Å². The summed E-state index contributed by atoms with van der Waals surface area (Å²) in [5, 5.41) is 3.41. The topological polar surface area (TPSA) is 21.3 Å². The lowest BCUT2D eigenvalue weighted by atomic mass is 9.97. The van der Waals surface area contributed by atoms with E-state index in [0.29, 0.717) is 12.0 Å². The van der Waals surface area contributed by atoms with Crippen molar-refractivity contribution in [2.45, 2.75) is 37.8 Å². The summed E-state index contributed by atoms with van der Waals surface area (Å²) in [4.78, 5) is 0. The Balaban J connectivity index is 1.44. The molecule has 1 saturated carbocycles. The number of hydrogen-bond acceptors (Lipinski definition) is 2. The normalized spacial score (nSPS) is 15.9. The number of ether oxygens (including phenoxy) is 1. The fourth-order valence-electron chi connectivity index (χ4n) is 3.60. The van der Waals surface area contributed by atoms with Gasteiger partial charge in [0, 0.05) is 0 Å². The summed E-state index contributed by atoms with van der Waals surface area (Å²) in [5.74, 6) is 0.905. The third kappa shape index (κ3) is 4.06. The number of hydrogen-bond donors (Lipinski definition) is 1. The second-order valence-electron chi connectivity index (χ2n) is 7.75. The maximum absolute atomic E-state index is 6.08. The van der Waals surface area contributed by atoms with Crippen LogP contribution < -0.4 is 10.1 Å². The predicted octanol–water partition coefficient (Wildman–Crippen LogP) is 5.63. The first-order valence-corrected chi connectivity index (χ1v) is 9.72. The van der Waals surface area contributed by atoms with Gasteiger partial charge in [0.15, 0.2) is 0 Å². The Morgan fingerprint density at radius 1 is 0.889 bits per heavy atom.